The maximum absolute atomic E-state index is 10.0. The Kier molecular flexibility index (Phi) is 9.81. The minimum atomic E-state index is -0.725. The van der Waals surface area contributed by atoms with Crippen molar-refractivity contribution in [2.75, 3.05) is 13.2 Å². The van der Waals surface area contributed by atoms with Crippen LogP contribution in [-0.2, 0) is 4.74 Å². The minimum Gasteiger partial charge on any atom is -0.444 e. The van der Waals surface area contributed by atoms with Gasteiger partial charge in [0, 0.05) is 13.2 Å². The van der Waals surface area contributed by atoms with Crippen LogP contribution in [-0.4, -0.2) is 35.1 Å². The highest BCUT2D eigenvalue weighted by Crippen LogP contribution is 2.04. The SMILES string of the molecule is CC(C)(C)OC(N)=O.OCCCCO. The zero-order valence-corrected chi connectivity index (χ0v) is 9.12. The molecule has 0 aliphatic rings. The van der Waals surface area contributed by atoms with E-state index in [-0.39, 0.29) is 13.2 Å². The summed E-state index contributed by atoms with van der Waals surface area (Å²) < 4.78 is 4.58. The zero-order chi connectivity index (χ0) is 11.6. The number of hydrogen-bond acceptors (Lipinski definition) is 4. The van der Waals surface area contributed by atoms with Crippen LogP contribution in [0.1, 0.15) is 33.6 Å². The average Bonchev–Trinajstić information content (AvgIpc) is 1.97. The van der Waals surface area contributed by atoms with E-state index in [0.29, 0.717) is 0 Å². The van der Waals surface area contributed by atoms with Crippen LogP contribution in [0.3, 0.4) is 0 Å². The van der Waals surface area contributed by atoms with Crippen molar-refractivity contribution in [2.24, 2.45) is 5.73 Å². The van der Waals surface area contributed by atoms with Crippen molar-refractivity contribution in [3.05, 3.63) is 0 Å². The molecule has 0 heterocycles. The van der Waals surface area contributed by atoms with Gasteiger partial charge in [-0.1, -0.05) is 0 Å². The van der Waals surface area contributed by atoms with Gasteiger partial charge in [-0.05, 0) is 33.6 Å². The molecule has 0 radical (unpaired) electrons. The smallest absolute Gasteiger partial charge is 0.405 e. The van der Waals surface area contributed by atoms with Crippen LogP contribution in [0.5, 0.6) is 0 Å². The van der Waals surface area contributed by atoms with Crippen molar-refractivity contribution < 1.29 is 19.7 Å². The first kappa shape index (κ1) is 15.7. The standard InChI is InChI=1S/C5H11NO2.C4H10O2/c1-5(2,3)8-4(6)7;5-3-1-2-4-6/h1-3H3,(H2,6,7);5-6H,1-4H2. The van der Waals surface area contributed by atoms with Crippen LogP contribution in [0.15, 0.2) is 0 Å². The van der Waals surface area contributed by atoms with Crippen molar-refractivity contribution in [1.82, 2.24) is 0 Å². The Bertz CT molecular complexity index is 138. The quantitative estimate of drug-likeness (QED) is 0.592. The molecule has 0 fully saturated rings. The molecule has 0 atom stereocenters. The second-order valence-electron chi connectivity index (χ2n) is 3.69. The number of amides is 1. The number of carbonyl (C=O) groups excluding carboxylic acids is 1. The molecule has 0 unspecified atom stereocenters. The summed E-state index contributed by atoms with van der Waals surface area (Å²) in [6.45, 7) is 5.68. The molecule has 4 N–H and O–H groups in total. The number of carbonyl (C=O) groups is 1. The highest BCUT2D eigenvalue weighted by molar-refractivity contribution is 5.65. The first-order valence-corrected chi connectivity index (χ1v) is 4.53. The lowest BCUT2D eigenvalue weighted by Crippen LogP contribution is -2.27. The Morgan fingerprint density at radius 1 is 1.21 bits per heavy atom. The van der Waals surface area contributed by atoms with E-state index in [1.165, 1.54) is 0 Å². The van der Waals surface area contributed by atoms with E-state index >= 15 is 0 Å². The fourth-order valence-electron chi connectivity index (χ4n) is 0.525. The molecule has 86 valence electrons. The van der Waals surface area contributed by atoms with Crippen LogP contribution in [0.2, 0.25) is 0 Å². The maximum Gasteiger partial charge on any atom is 0.405 e. The van der Waals surface area contributed by atoms with E-state index in [4.69, 9.17) is 15.9 Å². The lowest BCUT2D eigenvalue weighted by atomic mass is 10.2. The third-order valence-corrected chi connectivity index (χ3v) is 0.973. The second kappa shape index (κ2) is 8.77. The number of aliphatic hydroxyl groups is 2. The number of hydrogen-bond donors (Lipinski definition) is 3. The van der Waals surface area contributed by atoms with Crippen LogP contribution in [0, 0.1) is 0 Å². The molecule has 0 aromatic rings. The molecule has 0 aromatic carbocycles. The van der Waals surface area contributed by atoms with Gasteiger partial charge < -0.3 is 20.7 Å². The van der Waals surface area contributed by atoms with Crippen molar-refractivity contribution in [3.63, 3.8) is 0 Å². The molecular weight excluding hydrogens is 186 g/mol. The summed E-state index contributed by atoms with van der Waals surface area (Å²) in [6, 6.07) is 0. The van der Waals surface area contributed by atoms with E-state index in [1.807, 2.05) is 0 Å². The number of unbranched alkanes of at least 4 members (excludes halogenated alkanes) is 1. The molecule has 0 aliphatic carbocycles. The molecular formula is C9H21NO4. The normalized spacial score (nSPS) is 10.1. The van der Waals surface area contributed by atoms with Gasteiger partial charge in [0.1, 0.15) is 5.60 Å². The minimum absolute atomic E-state index is 0.195. The van der Waals surface area contributed by atoms with E-state index < -0.39 is 11.7 Å². The Morgan fingerprint density at radius 3 is 1.64 bits per heavy atom. The number of primary amides is 1. The first-order chi connectivity index (χ1) is 6.33. The number of ether oxygens (including phenoxy) is 1. The highest BCUT2D eigenvalue weighted by Gasteiger charge is 2.12. The summed E-state index contributed by atoms with van der Waals surface area (Å²) in [7, 11) is 0. The third-order valence-electron chi connectivity index (χ3n) is 0.973. The fraction of sp³-hybridized carbons (Fsp3) is 0.889. The number of nitrogens with two attached hydrogens (primary N) is 1. The largest absolute Gasteiger partial charge is 0.444 e. The van der Waals surface area contributed by atoms with Gasteiger partial charge in [-0.2, -0.15) is 0 Å². The monoisotopic (exact) mass is 207 g/mol. The van der Waals surface area contributed by atoms with Gasteiger partial charge in [-0.25, -0.2) is 4.79 Å². The fourth-order valence-corrected chi connectivity index (χ4v) is 0.525. The van der Waals surface area contributed by atoms with E-state index in [2.05, 4.69) is 4.74 Å². The van der Waals surface area contributed by atoms with E-state index in [9.17, 15) is 4.79 Å². The topological polar surface area (TPSA) is 92.8 Å². The summed E-state index contributed by atoms with van der Waals surface area (Å²) in [4.78, 5) is 10.0. The van der Waals surface area contributed by atoms with Crippen LogP contribution in [0.25, 0.3) is 0 Å². The van der Waals surface area contributed by atoms with Crippen LogP contribution < -0.4 is 5.73 Å². The Morgan fingerprint density at radius 2 is 1.57 bits per heavy atom. The Labute approximate surface area is 84.9 Å². The van der Waals surface area contributed by atoms with Gasteiger partial charge >= 0.3 is 6.09 Å². The average molecular weight is 207 g/mol. The molecule has 0 bridgehead atoms. The van der Waals surface area contributed by atoms with Gasteiger partial charge in [0.15, 0.2) is 0 Å². The summed E-state index contributed by atoms with van der Waals surface area (Å²) >= 11 is 0. The Balaban J connectivity index is 0. The van der Waals surface area contributed by atoms with Crippen molar-refractivity contribution >= 4 is 6.09 Å². The summed E-state index contributed by atoms with van der Waals surface area (Å²) in [5.74, 6) is 0. The van der Waals surface area contributed by atoms with Gasteiger partial charge in [0.05, 0.1) is 0 Å². The third kappa shape index (κ3) is 22.5. The summed E-state index contributed by atoms with van der Waals surface area (Å²) in [5, 5.41) is 16.2. The lowest BCUT2D eigenvalue weighted by Gasteiger charge is -2.16. The molecule has 0 aliphatic heterocycles. The number of aliphatic hydroxyl groups excluding tert-OH is 2. The van der Waals surface area contributed by atoms with Gasteiger partial charge in [0.2, 0.25) is 0 Å². The molecule has 0 spiro atoms. The van der Waals surface area contributed by atoms with Crippen molar-refractivity contribution in [3.8, 4) is 0 Å². The molecule has 0 saturated heterocycles. The maximum atomic E-state index is 10.0. The lowest BCUT2D eigenvalue weighted by molar-refractivity contribution is 0.0600. The molecule has 5 nitrogen and oxygen atoms in total. The van der Waals surface area contributed by atoms with Crippen LogP contribution in [0.4, 0.5) is 4.79 Å². The molecule has 5 heteroatoms. The number of rotatable bonds is 3. The van der Waals surface area contributed by atoms with E-state index in [1.54, 1.807) is 20.8 Å². The van der Waals surface area contributed by atoms with E-state index in [0.717, 1.165) is 12.8 Å². The Hall–Kier alpha value is -0.810. The van der Waals surface area contributed by atoms with Gasteiger partial charge in [0.25, 0.3) is 0 Å². The summed E-state index contributed by atoms with van der Waals surface area (Å²) in [5.41, 5.74) is 4.26. The molecule has 0 saturated carbocycles. The van der Waals surface area contributed by atoms with Crippen molar-refractivity contribution in [1.29, 1.82) is 0 Å². The van der Waals surface area contributed by atoms with Crippen LogP contribution >= 0.6 is 0 Å². The molecule has 0 aromatic heterocycles. The predicted octanol–water partition coefficient (Wildman–Crippen LogP) is 0.631. The highest BCUT2D eigenvalue weighted by atomic mass is 16.6. The van der Waals surface area contributed by atoms with Gasteiger partial charge in [-0.15, -0.1) is 0 Å². The molecule has 0 rings (SSSR count). The predicted molar refractivity (Wildman–Crippen MR) is 53.8 cm³/mol. The van der Waals surface area contributed by atoms with Crippen molar-refractivity contribution in [2.45, 2.75) is 39.2 Å². The summed E-state index contributed by atoms with van der Waals surface area (Å²) in [6.07, 6.45) is 0.713. The first-order valence-electron chi connectivity index (χ1n) is 4.53. The second-order valence-corrected chi connectivity index (χ2v) is 3.69. The molecule has 1 amide bonds. The van der Waals surface area contributed by atoms with Gasteiger partial charge in [-0.3, -0.25) is 0 Å². The zero-order valence-electron chi connectivity index (χ0n) is 9.12. The molecule has 14 heavy (non-hydrogen) atoms.